The Morgan fingerprint density at radius 2 is 1.61 bits per heavy atom. The lowest BCUT2D eigenvalue weighted by Crippen LogP contribution is -2.25. The Morgan fingerprint density at radius 3 is 2.18 bits per heavy atom. The molecule has 1 amide bonds. The Labute approximate surface area is 164 Å². The Morgan fingerprint density at radius 1 is 1.00 bits per heavy atom. The molecule has 0 unspecified atom stereocenters. The highest BCUT2D eigenvalue weighted by Crippen LogP contribution is 2.22. The number of nitrogens with one attached hydrogen (secondary N) is 2. The van der Waals surface area contributed by atoms with E-state index in [4.69, 9.17) is 4.74 Å². The van der Waals surface area contributed by atoms with Crippen LogP contribution >= 0.6 is 0 Å². The zero-order valence-electron chi connectivity index (χ0n) is 15.5. The van der Waals surface area contributed by atoms with E-state index in [1.807, 2.05) is 6.92 Å². The molecule has 148 valence electrons. The molecule has 1 fully saturated rings. The first-order valence-corrected chi connectivity index (χ1v) is 10.6. The molecule has 8 heteroatoms. The van der Waals surface area contributed by atoms with Crippen LogP contribution < -0.4 is 10.0 Å². The second-order valence-corrected chi connectivity index (χ2v) is 8.30. The number of benzene rings is 2. The molecule has 0 spiro atoms. The number of esters is 1. The third kappa shape index (κ3) is 5.17. The van der Waals surface area contributed by atoms with Gasteiger partial charge in [0.05, 0.1) is 17.1 Å². The molecule has 7 nitrogen and oxygen atoms in total. The number of anilines is 1. The number of ether oxygens (including phenoxy) is 1. The van der Waals surface area contributed by atoms with Crippen LogP contribution in [-0.4, -0.2) is 32.9 Å². The quantitative estimate of drug-likeness (QED) is 0.661. The van der Waals surface area contributed by atoms with E-state index in [1.54, 1.807) is 24.3 Å². The van der Waals surface area contributed by atoms with Crippen molar-refractivity contribution in [1.82, 2.24) is 4.72 Å². The van der Waals surface area contributed by atoms with E-state index in [1.165, 1.54) is 24.3 Å². The van der Waals surface area contributed by atoms with Crippen LogP contribution in [0.5, 0.6) is 0 Å². The molecular formula is C20H22N2O5S. The smallest absolute Gasteiger partial charge is 0.338 e. The summed E-state index contributed by atoms with van der Waals surface area (Å²) in [5.41, 5.74) is 1.25. The molecular weight excluding hydrogens is 380 g/mol. The van der Waals surface area contributed by atoms with Crippen LogP contribution in [0.25, 0.3) is 0 Å². The minimum atomic E-state index is -3.54. The monoisotopic (exact) mass is 402 g/mol. The number of rotatable bonds is 8. The van der Waals surface area contributed by atoms with Gasteiger partial charge in [-0.1, -0.05) is 6.92 Å². The molecule has 0 saturated heterocycles. The predicted molar refractivity (Wildman–Crippen MR) is 105 cm³/mol. The fourth-order valence-electron chi connectivity index (χ4n) is 2.45. The van der Waals surface area contributed by atoms with Gasteiger partial charge in [0, 0.05) is 17.3 Å². The Balaban J connectivity index is 1.62. The summed E-state index contributed by atoms with van der Waals surface area (Å²) in [5, 5.41) is 2.71. The van der Waals surface area contributed by atoms with E-state index in [2.05, 4.69) is 10.0 Å². The molecule has 0 aliphatic heterocycles. The number of hydrogen-bond acceptors (Lipinski definition) is 5. The minimum Gasteiger partial charge on any atom is -0.462 e. The lowest BCUT2D eigenvalue weighted by Gasteiger charge is -2.08. The van der Waals surface area contributed by atoms with Crippen LogP contribution in [-0.2, 0) is 14.8 Å². The average Bonchev–Trinajstić information content (AvgIpc) is 3.50. The zero-order chi connectivity index (χ0) is 20.1. The van der Waals surface area contributed by atoms with Crippen LogP contribution in [0, 0.1) is 0 Å². The van der Waals surface area contributed by atoms with Gasteiger partial charge in [0.1, 0.15) is 0 Å². The number of carbonyl (C=O) groups excluding carboxylic acids is 2. The fourth-order valence-corrected chi connectivity index (χ4v) is 3.75. The van der Waals surface area contributed by atoms with Crippen molar-refractivity contribution in [3.63, 3.8) is 0 Å². The van der Waals surface area contributed by atoms with Crippen molar-refractivity contribution in [1.29, 1.82) is 0 Å². The first kappa shape index (κ1) is 20.0. The van der Waals surface area contributed by atoms with Gasteiger partial charge < -0.3 is 10.1 Å². The SMILES string of the molecule is CCCOC(=O)c1ccc(NC(=O)c2ccc(S(=O)(=O)NC3CC3)cc2)cc1. The molecule has 0 radical (unpaired) electrons. The van der Waals surface area contributed by atoms with Crippen molar-refractivity contribution >= 4 is 27.6 Å². The van der Waals surface area contributed by atoms with Gasteiger partial charge in [-0.3, -0.25) is 4.79 Å². The van der Waals surface area contributed by atoms with Crippen LogP contribution in [0.4, 0.5) is 5.69 Å². The highest BCUT2D eigenvalue weighted by atomic mass is 32.2. The van der Waals surface area contributed by atoms with Crippen molar-refractivity contribution in [2.75, 3.05) is 11.9 Å². The average molecular weight is 402 g/mol. The normalized spacial score (nSPS) is 13.8. The zero-order valence-corrected chi connectivity index (χ0v) is 16.3. The van der Waals surface area contributed by atoms with E-state index in [0.29, 0.717) is 23.4 Å². The Bertz CT molecular complexity index is 949. The van der Waals surface area contributed by atoms with E-state index in [-0.39, 0.29) is 16.8 Å². The largest absolute Gasteiger partial charge is 0.462 e. The van der Waals surface area contributed by atoms with Gasteiger partial charge in [-0.2, -0.15) is 0 Å². The Hall–Kier alpha value is -2.71. The summed E-state index contributed by atoms with van der Waals surface area (Å²) in [4.78, 5) is 24.3. The number of hydrogen-bond donors (Lipinski definition) is 2. The van der Waals surface area contributed by atoms with Crippen molar-refractivity contribution in [3.8, 4) is 0 Å². The lowest BCUT2D eigenvalue weighted by molar-refractivity contribution is 0.0505. The van der Waals surface area contributed by atoms with E-state index in [0.717, 1.165) is 19.3 Å². The van der Waals surface area contributed by atoms with E-state index in [9.17, 15) is 18.0 Å². The summed E-state index contributed by atoms with van der Waals surface area (Å²) in [6.45, 7) is 2.27. The number of carbonyl (C=O) groups is 2. The predicted octanol–water partition coefficient (Wildman–Crippen LogP) is 2.95. The maximum Gasteiger partial charge on any atom is 0.338 e. The second-order valence-electron chi connectivity index (χ2n) is 6.59. The van der Waals surface area contributed by atoms with Gasteiger partial charge in [0.2, 0.25) is 10.0 Å². The minimum absolute atomic E-state index is 0.0233. The van der Waals surface area contributed by atoms with Crippen LogP contribution in [0.15, 0.2) is 53.4 Å². The number of sulfonamides is 1. The summed E-state index contributed by atoms with van der Waals surface area (Å²) < 4.78 is 32.0. The summed E-state index contributed by atoms with van der Waals surface area (Å²) in [6, 6.07) is 12.1. The molecule has 1 aliphatic rings. The maximum atomic E-state index is 12.4. The third-order valence-corrected chi connectivity index (χ3v) is 5.68. The summed E-state index contributed by atoms with van der Waals surface area (Å²) in [6.07, 6.45) is 2.46. The van der Waals surface area contributed by atoms with Gasteiger partial charge in [0.25, 0.3) is 5.91 Å². The molecule has 28 heavy (non-hydrogen) atoms. The van der Waals surface area contributed by atoms with Gasteiger partial charge in [-0.15, -0.1) is 0 Å². The molecule has 2 aromatic rings. The fraction of sp³-hybridized carbons (Fsp3) is 0.300. The lowest BCUT2D eigenvalue weighted by atomic mass is 10.2. The van der Waals surface area contributed by atoms with Crippen molar-refractivity contribution in [2.24, 2.45) is 0 Å². The van der Waals surface area contributed by atoms with Gasteiger partial charge in [-0.05, 0) is 67.8 Å². The van der Waals surface area contributed by atoms with Gasteiger partial charge in [0.15, 0.2) is 0 Å². The molecule has 2 N–H and O–H groups in total. The van der Waals surface area contributed by atoms with Crippen molar-refractivity contribution < 1.29 is 22.7 Å². The van der Waals surface area contributed by atoms with Crippen LogP contribution in [0.2, 0.25) is 0 Å². The van der Waals surface area contributed by atoms with Crippen molar-refractivity contribution in [2.45, 2.75) is 37.1 Å². The van der Waals surface area contributed by atoms with Crippen molar-refractivity contribution in [3.05, 3.63) is 59.7 Å². The molecule has 1 saturated carbocycles. The second kappa shape index (κ2) is 8.53. The standard InChI is InChI=1S/C20H22N2O5S/c1-2-13-27-20(24)15-3-7-16(8-4-15)21-19(23)14-5-11-18(12-6-14)28(25,26)22-17-9-10-17/h3-8,11-12,17,22H,2,9-10,13H2,1H3,(H,21,23). The highest BCUT2D eigenvalue weighted by Gasteiger charge is 2.27. The van der Waals surface area contributed by atoms with Gasteiger partial charge >= 0.3 is 5.97 Å². The first-order chi connectivity index (χ1) is 13.4. The maximum absolute atomic E-state index is 12.4. The molecule has 0 bridgehead atoms. The Kier molecular flexibility index (Phi) is 6.11. The molecule has 0 heterocycles. The van der Waals surface area contributed by atoms with Crippen LogP contribution in [0.1, 0.15) is 46.9 Å². The molecule has 2 aromatic carbocycles. The summed E-state index contributed by atoms with van der Waals surface area (Å²) in [5.74, 6) is -0.781. The van der Waals surface area contributed by atoms with E-state index >= 15 is 0 Å². The topological polar surface area (TPSA) is 102 Å². The summed E-state index contributed by atoms with van der Waals surface area (Å²) >= 11 is 0. The highest BCUT2D eigenvalue weighted by molar-refractivity contribution is 7.89. The third-order valence-electron chi connectivity index (χ3n) is 4.14. The number of amides is 1. The molecule has 1 aliphatic carbocycles. The molecule has 3 rings (SSSR count). The van der Waals surface area contributed by atoms with E-state index < -0.39 is 16.0 Å². The summed E-state index contributed by atoms with van der Waals surface area (Å²) in [7, 11) is -3.54. The molecule has 0 aromatic heterocycles. The first-order valence-electron chi connectivity index (χ1n) is 9.10. The molecule has 0 atom stereocenters. The van der Waals surface area contributed by atoms with Crippen LogP contribution in [0.3, 0.4) is 0 Å². The van der Waals surface area contributed by atoms with Gasteiger partial charge in [-0.25, -0.2) is 17.9 Å².